The van der Waals surface area contributed by atoms with Crippen LogP contribution in [0, 0.1) is 10.1 Å². The van der Waals surface area contributed by atoms with Gasteiger partial charge in [-0.25, -0.2) is 0 Å². The van der Waals surface area contributed by atoms with Crippen molar-refractivity contribution < 1.29 is 23.6 Å². The van der Waals surface area contributed by atoms with Crippen molar-refractivity contribution in [1.29, 1.82) is 0 Å². The van der Waals surface area contributed by atoms with E-state index in [1.54, 1.807) is 6.07 Å². The van der Waals surface area contributed by atoms with Crippen molar-refractivity contribution in [1.82, 2.24) is 0 Å². The van der Waals surface area contributed by atoms with E-state index in [-0.39, 0.29) is 28.8 Å². The van der Waals surface area contributed by atoms with Gasteiger partial charge < -0.3 is 18.6 Å². The number of rotatable bonds is 8. The van der Waals surface area contributed by atoms with Crippen LogP contribution in [-0.2, 0) is 11.0 Å². The summed E-state index contributed by atoms with van der Waals surface area (Å²) in [6, 6.07) is 11.5. The molecule has 2 aromatic rings. The van der Waals surface area contributed by atoms with E-state index in [1.165, 1.54) is 21.3 Å². The van der Waals surface area contributed by atoms with E-state index >= 15 is 0 Å². The van der Waals surface area contributed by atoms with E-state index in [9.17, 15) is 10.1 Å². The summed E-state index contributed by atoms with van der Waals surface area (Å²) >= 11 is 0. The number of ether oxygens (including phenoxy) is 3. The van der Waals surface area contributed by atoms with Crippen LogP contribution in [0.4, 0.5) is 5.69 Å². The molecule has 0 amide bonds. The second-order valence-corrected chi connectivity index (χ2v) is 10.2. The molecule has 0 heterocycles. The molecule has 2 aromatic carbocycles. The van der Waals surface area contributed by atoms with E-state index < -0.39 is 14.0 Å². The predicted octanol–water partition coefficient (Wildman–Crippen LogP) is 3.84. The van der Waals surface area contributed by atoms with Crippen molar-refractivity contribution in [3.63, 3.8) is 0 Å². The molecule has 7 nitrogen and oxygen atoms in total. The summed E-state index contributed by atoms with van der Waals surface area (Å²) in [6.45, 7) is 6.39. The number of benzene rings is 2. The molecule has 0 aliphatic carbocycles. The molecule has 0 saturated heterocycles. The van der Waals surface area contributed by atoms with Crippen molar-refractivity contribution in [2.75, 3.05) is 21.3 Å². The number of hydrogen-bond acceptors (Lipinski definition) is 6. The highest BCUT2D eigenvalue weighted by Crippen LogP contribution is 2.46. The third-order valence-electron chi connectivity index (χ3n) is 4.15. The van der Waals surface area contributed by atoms with Crippen molar-refractivity contribution in [2.45, 2.75) is 32.4 Å². The molecule has 0 aromatic heterocycles. The average Bonchev–Trinajstić information content (AvgIpc) is 2.66. The van der Waals surface area contributed by atoms with Crippen LogP contribution in [0.25, 0.3) is 0 Å². The Kier molecular flexibility index (Phi) is 7.04. The largest absolute Gasteiger partial charge is 0.493 e. The van der Waals surface area contributed by atoms with Crippen molar-refractivity contribution in [3.05, 3.63) is 52.1 Å². The highest BCUT2D eigenvalue weighted by atomic mass is 28.3. The third kappa shape index (κ3) is 4.63. The van der Waals surface area contributed by atoms with Gasteiger partial charge in [0.1, 0.15) is 0 Å². The molecular formula is C20H26NO6Si. The number of nitro groups is 1. The minimum atomic E-state index is -1.47. The number of hydrogen-bond donors (Lipinski definition) is 0. The summed E-state index contributed by atoms with van der Waals surface area (Å²) in [4.78, 5) is 11.3. The Morgan fingerprint density at radius 3 is 2.07 bits per heavy atom. The fourth-order valence-corrected chi connectivity index (χ4v) is 5.23. The van der Waals surface area contributed by atoms with Gasteiger partial charge in [-0.3, -0.25) is 10.1 Å². The summed E-state index contributed by atoms with van der Waals surface area (Å²) in [7, 11) is 2.79. The van der Waals surface area contributed by atoms with Crippen LogP contribution < -0.4 is 19.4 Å². The lowest BCUT2D eigenvalue weighted by Crippen LogP contribution is -2.41. The van der Waals surface area contributed by atoms with Gasteiger partial charge >= 0.3 is 5.69 Å². The molecule has 0 aliphatic rings. The van der Waals surface area contributed by atoms with Gasteiger partial charge in [-0.05, 0) is 16.3 Å². The van der Waals surface area contributed by atoms with Crippen LogP contribution in [0.2, 0.25) is 5.04 Å². The second-order valence-electron chi connectivity index (χ2n) is 7.14. The lowest BCUT2D eigenvalue weighted by molar-refractivity contribution is -0.386. The Labute approximate surface area is 167 Å². The molecule has 2 rings (SSSR count). The molecule has 0 fully saturated rings. The Balaban J connectivity index is 2.48. The van der Waals surface area contributed by atoms with E-state index in [0.29, 0.717) is 11.3 Å². The Morgan fingerprint density at radius 1 is 1.00 bits per heavy atom. The topological polar surface area (TPSA) is 80.1 Å². The SMILES string of the molecule is COc1cc(CO[Si](c2ccccc2)C(C)(C)C)c([N+](=O)[O-])c(OC)c1OC. The molecule has 8 heteroatoms. The lowest BCUT2D eigenvalue weighted by Gasteiger charge is -2.28. The van der Waals surface area contributed by atoms with Crippen molar-refractivity contribution >= 4 is 19.9 Å². The molecule has 0 saturated carbocycles. The van der Waals surface area contributed by atoms with Crippen LogP contribution in [-0.4, -0.2) is 35.3 Å². The molecule has 0 aliphatic heterocycles. The van der Waals surface area contributed by atoms with E-state index in [1.807, 2.05) is 30.3 Å². The van der Waals surface area contributed by atoms with E-state index in [0.717, 1.165) is 5.19 Å². The van der Waals surface area contributed by atoms with Gasteiger partial charge in [-0.2, -0.15) is 0 Å². The molecular weight excluding hydrogens is 378 g/mol. The van der Waals surface area contributed by atoms with Crippen molar-refractivity contribution in [3.8, 4) is 17.2 Å². The Hall–Kier alpha value is -2.58. The highest BCUT2D eigenvalue weighted by molar-refractivity contribution is 6.70. The molecule has 0 unspecified atom stereocenters. The van der Waals surface area contributed by atoms with Gasteiger partial charge in [0.25, 0.3) is 9.04 Å². The maximum atomic E-state index is 11.8. The first-order chi connectivity index (χ1) is 13.2. The molecule has 28 heavy (non-hydrogen) atoms. The third-order valence-corrected chi connectivity index (χ3v) is 6.81. The fourth-order valence-electron chi connectivity index (χ4n) is 2.97. The van der Waals surface area contributed by atoms with Crippen LogP contribution >= 0.6 is 0 Å². The minimum Gasteiger partial charge on any atom is -0.493 e. The zero-order chi connectivity index (χ0) is 20.9. The quantitative estimate of drug-likeness (QED) is 0.378. The van der Waals surface area contributed by atoms with Gasteiger partial charge in [-0.1, -0.05) is 51.1 Å². The summed E-state index contributed by atoms with van der Waals surface area (Å²) in [5, 5.41) is 12.8. The van der Waals surface area contributed by atoms with Crippen molar-refractivity contribution in [2.24, 2.45) is 0 Å². The first kappa shape index (κ1) is 21.7. The second kappa shape index (κ2) is 9.07. The van der Waals surface area contributed by atoms with E-state index in [4.69, 9.17) is 18.6 Å². The zero-order valence-corrected chi connectivity index (χ0v) is 18.1. The molecule has 0 N–H and O–H groups in total. The molecule has 0 bridgehead atoms. The number of methoxy groups -OCH3 is 3. The summed E-state index contributed by atoms with van der Waals surface area (Å²) < 4.78 is 22.2. The van der Waals surface area contributed by atoms with Gasteiger partial charge in [0.2, 0.25) is 11.5 Å². The van der Waals surface area contributed by atoms with Crippen LogP contribution in [0.15, 0.2) is 36.4 Å². The minimum absolute atomic E-state index is 0.0229. The van der Waals surface area contributed by atoms with Gasteiger partial charge in [0.15, 0.2) is 5.75 Å². The number of nitro benzene ring substituents is 1. The zero-order valence-electron chi connectivity index (χ0n) is 17.1. The normalized spacial score (nSPS) is 11.4. The first-order valence-electron chi connectivity index (χ1n) is 8.76. The summed E-state index contributed by atoms with van der Waals surface area (Å²) in [5.74, 6) is 0.562. The highest BCUT2D eigenvalue weighted by Gasteiger charge is 2.34. The van der Waals surface area contributed by atoms with Crippen LogP contribution in [0.3, 0.4) is 0 Å². The fraction of sp³-hybridized carbons (Fsp3) is 0.400. The van der Waals surface area contributed by atoms with Gasteiger partial charge in [0.05, 0.1) is 38.4 Å². The van der Waals surface area contributed by atoms with Crippen LogP contribution in [0.5, 0.6) is 17.2 Å². The first-order valence-corrected chi connectivity index (χ1v) is 10.2. The Bertz CT molecular complexity index is 820. The standard InChI is InChI=1S/C20H26NO6Si/c1-20(2,3)28(15-10-8-7-9-11-15)27-13-14-12-16(24-4)18(25-5)19(26-6)17(14)21(22)23/h7-12H,13H2,1-6H3. The van der Waals surface area contributed by atoms with E-state index in [2.05, 4.69) is 20.8 Å². The smallest absolute Gasteiger partial charge is 0.320 e. The monoisotopic (exact) mass is 404 g/mol. The van der Waals surface area contributed by atoms with Crippen LogP contribution in [0.1, 0.15) is 26.3 Å². The molecule has 151 valence electrons. The maximum absolute atomic E-state index is 11.8. The predicted molar refractivity (Wildman–Crippen MR) is 109 cm³/mol. The molecule has 0 atom stereocenters. The summed E-state index contributed by atoms with van der Waals surface area (Å²) in [6.07, 6.45) is 0. The Morgan fingerprint density at radius 2 is 1.61 bits per heavy atom. The lowest BCUT2D eigenvalue weighted by atomic mass is 10.1. The molecule has 0 spiro atoms. The van der Waals surface area contributed by atoms with Gasteiger partial charge in [0, 0.05) is 0 Å². The molecule has 1 radical (unpaired) electrons. The maximum Gasteiger partial charge on any atom is 0.320 e. The average molecular weight is 405 g/mol. The van der Waals surface area contributed by atoms with Gasteiger partial charge in [-0.15, -0.1) is 0 Å². The summed E-state index contributed by atoms with van der Waals surface area (Å²) in [5.41, 5.74) is 0.200. The number of nitrogens with zero attached hydrogens (tertiary/aromatic N) is 1.